The van der Waals surface area contributed by atoms with Crippen LogP contribution in [0.5, 0.6) is 5.75 Å². The molecule has 0 unspecified atom stereocenters. The summed E-state index contributed by atoms with van der Waals surface area (Å²) < 4.78 is 42.7. The highest BCUT2D eigenvalue weighted by Crippen LogP contribution is 2.31. The molecular formula is C9H5Cl2F3O3. The molecule has 0 spiro atoms. The van der Waals surface area contributed by atoms with Gasteiger partial charge >= 0.3 is 12.3 Å². The lowest BCUT2D eigenvalue weighted by atomic mass is 10.3. The van der Waals surface area contributed by atoms with Crippen LogP contribution in [0.1, 0.15) is 0 Å². The Morgan fingerprint density at radius 1 is 1.29 bits per heavy atom. The van der Waals surface area contributed by atoms with Gasteiger partial charge in [-0.2, -0.15) is 0 Å². The van der Waals surface area contributed by atoms with E-state index in [1.54, 1.807) is 0 Å². The Kier molecular flexibility index (Phi) is 4.47. The van der Waals surface area contributed by atoms with Crippen molar-refractivity contribution in [2.75, 3.05) is 6.61 Å². The van der Waals surface area contributed by atoms with Crippen LogP contribution in [0.3, 0.4) is 0 Å². The first kappa shape index (κ1) is 13.9. The van der Waals surface area contributed by atoms with Gasteiger partial charge < -0.3 is 9.47 Å². The van der Waals surface area contributed by atoms with E-state index in [0.717, 1.165) is 0 Å². The van der Waals surface area contributed by atoms with Crippen LogP contribution in [0.25, 0.3) is 0 Å². The number of halogens is 5. The third-order valence-electron chi connectivity index (χ3n) is 1.49. The van der Waals surface area contributed by atoms with Gasteiger partial charge in [-0.3, -0.25) is 0 Å². The van der Waals surface area contributed by atoms with Crippen molar-refractivity contribution in [1.29, 1.82) is 0 Å². The highest BCUT2D eigenvalue weighted by Gasteiger charge is 2.34. The predicted molar refractivity (Wildman–Crippen MR) is 54.1 cm³/mol. The van der Waals surface area contributed by atoms with Crippen LogP contribution < -0.4 is 4.74 Å². The Hall–Kier alpha value is -1.14. The zero-order valence-electron chi connectivity index (χ0n) is 8.05. The summed E-state index contributed by atoms with van der Waals surface area (Å²) in [4.78, 5) is 10.7. The van der Waals surface area contributed by atoms with Gasteiger partial charge in [-0.15, -0.1) is 13.2 Å². The molecule has 0 amide bonds. The molecule has 17 heavy (non-hydrogen) atoms. The summed E-state index contributed by atoms with van der Waals surface area (Å²) in [7, 11) is 0. The number of carbonyl (C=O) groups excluding carboxylic acids is 1. The number of hydrogen-bond acceptors (Lipinski definition) is 3. The van der Waals surface area contributed by atoms with Gasteiger partial charge in [-0.05, 0) is 12.1 Å². The second kappa shape index (κ2) is 5.46. The third kappa shape index (κ3) is 4.70. The Bertz CT molecular complexity index is 420. The molecule has 0 bridgehead atoms. The maximum absolute atomic E-state index is 11.6. The van der Waals surface area contributed by atoms with Gasteiger partial charge in [0.2, 0.25) is 0 Å². The summed E-state index contributed by atoms with van der Waals surface area (Å²) in [6, 6.07) is 4.29. The molecule has 0 fully saturated rings. The van der Waals surface area contributed by atoms with Crippen molar-refractivity contribution in [3.8, 4) is 5.75 Å². The Morgan fingerprint density at radius 3 is 2.53 bits per heavy atom. The molecule has 1 aromatic rings. The average molecular weight is 289 g/mol. The molecular weight excluding hydrogens is 284 g/mol. The average Bonchev–Trinajstić information content (AvgIpc) is 2.18. The van der Waals surface area contributed by atoms with E-state index in [-0.39, 0.29) is 15.8 Å². The Balaban J connectivity index is 2.56. The van der Waals surface area contributed by atoms with Gasteiger partial charge in [-0.1, -0.05) is 29.3 Å². The van der Waals surface area contributed by atoms with Gasteiger partial charge in [0.15, 0.2) is 6.61 Å². The van der Waals surface area contributed by atoms with Crippen LogP contribution in [0.2, 0.25) is 10.0 Å². The highest BCUT2D eigenvalue weighted by molar-refractivity contribution is 6.42. The summed E-state index contributed by atoms with van der Waals surface area (Å²) >= 11 is 11.3. The van der Waals surface area contributed by atoms with Crippen molar-refractivity contribution in [3.63, 3.8) is 0 Å². The minimum Gasteiger partial charge on any atom is -0.480 e. The molecule has 0 aromatic heterocycles. The number of hydrogen-bond donors (Lipinski definition) is 0. The maximum Gasteiger partial charge on any atom is 0.575 e. The summed E-state index contributed by atoms with van der Waals surface area (Å²) in [6.07, 6.45) is -5.03. The lowest BCUT2D eigenvalue weighted by Crippen LogP contribution is -2.24. The van der Waals surface area contributed by atoms with E-state index >= 15 is 0 Å². The number of rotatable bonds is 3. The Morgan fingerprint density at radius 2 is 1.94 bits per heavy atom. The van der Waals surface area contributed by atoms with E-state index in [4.69, 9.17) is 27.9 Å². The molecule has 3 nitrogen and oxygen atoms in total. The van der Waals surface area contributed by atoms with Crippen molar-refractivity contribution in [1.82, 2.24) is 0 Å². The molecule has 0 aliphatic heterocycles. The van der Waals surface area contributed by atoms with E-state index in [0.29, 0.717) is 0 Å². The molecule has 0 aliphatic rings. The second-order valence-electron chi connectivity index (χ2n) is 2.76. The molecule has 0 N–H and O–H groups in total. The van der Waals surface area contributed by atoms with Gasteiger partial charge in [0.25, 0.3) is 0 Å². The number of alkyl halides is 3. The van der Waals surface area contributed by atoms with Crippen molar-refractivity contribution >= 4 is 29.2 Å². The van der Waals surface area contributed by atoms with Gasteiger partial charge in [0, 0.05) is 0 Å². The zero-order valence-corrected chi connectivity index (χ0v) is 9.57. The maximum atomic E-state index is 11.6. The van der Waals surface area contributed by atoms with E-state index in [1.165, 1.54) is 18.2 Å². The van der Waals surface area contributed by atoms with Crippen molar-refractivity contribution in [3.05, 3.63) is 28.2 Å². The third-order valence-corrected chi connectivity index (χ3v) is 2.29. The smallest absolute Gasteiger partial charge is 0.480 e. The monoisotopic (exact) mass is 288 g/mol. The number of benzene rings is 1. The fraction of sp³-hybridized carbons (Fsp3) is 0.222. The van der Waals surface area contributed by atoms with Crippen LogP contribution in [0.15, 0.2) is 18.2 Å². The number of esters is 1. The van der Waals surface area contributed by atoms with E-state index in [2.05, 4.69) is 4.74 Å². The first-order chi connectivity index (χ1) is 7.79. The molecule has 0 heterocycles. The lowest BCUT2D eigenvalue weighted by Gasteiger charge is -2.09. The van der Waals surface area contributed by atoms with Crippen molar-refractivity contribution < 1.29 is 27.4 Å². The number of ether oxygens (including phenoxy) is 2. The molecule has 0 atom stereocenters. The first-order valence-corrected chi connectivity index (χ1v) is 4.90. The molecule has 8 heteroatoms. The lowest BCUT2D eigenvalue weighted by molar-refractivity contribution is -0.306. The minimum absolute atomic E-state index is 0.00158. The fourth-order valence-electron chi connectivity index (χ4n) is 0.891. The Labute approximate surface area is 104 Å². The SMILES string of the molecule is O=C(COc1cccc(Cl)c1Cl)OC(F)(F)F. The molecule has 0 aliphatic carbocycles. The zero-order chi connectivity index (χ0) is 13.1. The molecule has 94 valence electrons. The van der Waals surface area contributed by atoms with Crippen molar-refractivity contribution in [2.24, 2.45) is 0 Å². The van der Waals surface area contributed by atoms with E-state index < -0.39 is 18.9 Å². The van der Waals surface area contributed by atoms with E-state index in [1.807, 2.05) is 0 Å². The van der Waals surface area contributed by atoms with Gasteiger partial charge in [0.1, 0.15) is 10.8 Å². The minimum atomic E-state index is -5.03. The summed E-state index contributed by atoms with van der Waals surface area (Å²) in [5, 5.41) is 0.169. The number of carbonyl (C=O) groups is 1. The molecule has 0 saturated carbocycles. The standard InChI is InChI=1S/C9H5Cl2F3O3/c10-5-2-1-3-6(8(5)11)16-4-7(15)17-9(12,13)14/h1-3H,4H2. The molecule has 0 radical (unpaired) electrons. The fourth-order valence-corrected chi connectivity index (χ4v) is 1.24. The second-order valence-corrected chi connectivity index (χ2v) is 3.55. The normalized spacial score (nSPS) is 11.1. The topological polar surface area (TPSA) is 35.5 Å². The largest absolute Gasteiger partial charge is 0.575 e. The van der Waals surface area contributed by atoms with Gasteiger partial charge in [-0.25, -0.2) is 4.79 Å². The predicted octanol–water partition coefficient (Wildman–Crippen LogP) is 3.44. The van der Waals surface area contributed by atoms with Crippen LogP contribution in [0.4, 0.5) is 13.2 Å². The molecule has 1 rings (SSSR count). The first-order valence-electron chi connectivity index (χ1n) is 4.15. The summed E-state index contributed by atoms with van der Waals surface area (Å²) in [5.74, 6) is -1.58. The molecule has 0 saturated heterocycles. The van der Waals surface area contributed by atoms with Crippen LogP contribution in [0, 0.1) is 0 Å². The van der Waals surface area contributed by atoms with Crippen molar-refractivity contribution in [2.45, 2.75) is 6.36 Å². The quantitative estimate of drug-likeness (QED) is 0.800. The van der Waals surface area contributed by atoms with Crippen LogP contribution in [-0.2, 0) is 9.53 Å². The van der Waals surface area contributed by atoms with E-state index in [9.17, 15) is 18.0 Å². The van der Waals surface area contributed by atoms with Gasteiger partial charge in [0.05, 0.1) is 5.02 Å². The molecule has 1 aromatic carbocycles. The summed E-state index contributed by atoms with van der Waals surface area (Å²) in [5.41, 5.74) is 0. The summed E-state index contributed by atoms with van der Waals surface area (Å²) in [6.45, 7) is -0.917. The highest BCUT2D eigenvalue weighted by atomic mass is 35.5. The van der Waals surface area contributed by atoms with Crippen LogP contribution >= 0.6 is 23.2 Å². The van der Waals surface area contributed by atoms with Crippen LogP contribution in [-0.4, -0.2) is 18.9 Å².